The van der Waals surface area contributed by atoms with E-state index >= 15 is 0 Å². The van der Waals surface area contributed by atoms with Crippen LogP contribution in [0.25, 0.3) is 0 Å². The molecule has 0 aliphatic carbocycles. The molecule has 0 fully saturated rings. The Bertz CT molecular complexity index is 590. The Kier molecular flexibility index (Phi) is 5.56. The molecule has 0 unspecified atom stereocenters. The largest absolute Gasteiger partial charge is 0.352 e. The fraction of sp³-hybridized carbons (Fsp3) is 0.316. The molecule has 1 amide bonds. The highest BCUT2D eigenvalue weighted by molar-refractivity contribution is 5.78. The summed E-state index contributed by atoms with van der Waals surface area (Å²) in [6.45, 7) is 4.91. The van der Waals surface area contributed by atoms with Crippen molar-refractivity contribution in [3.63, 3.8) is 0 Å². The van der Waals surface area contributed by atoms with Gasteiger partial charge in [0.2, 0.25) is 5.91 Å². The molecule has 1 N–H and O–H groups in total. The molecule has 0 saturated heterocycles. The predicted octanol–water partition coefficient (Wildman–Crippen LogP) is 3.67. The zero-order valence-corrected chi connectivity index (χ0v) is 12.9. The summed E-state index contributed by atoms with van der Waals surface area (Å²) in [5, 5.41) is 3.03. The lowest BCUT2D eigenvalue weighted by atomic mass is 10.0. The number of hydrogen-bond acceptors (Lipinski definition) is 1. The van der Waals surface area contributed by atoms with Crippen LogP contribution < -0.4 is 5.32 Å². The van der Waals surface area contributed by atoms with Gasteiger partial charge in [0.25, 0.3) is 0 Å². The van der Waals surface area contributed by atoms with Gasteiger partial charge in [-0.15, -0.1) is 0 Å². The van der Waals surface area contributed by atoms with Gasteiger partial charge in [-0.2, -0.15) is 0 Å². The van der Waals surface area contributed by atoms with Crippen LogP contribution in [-0.2, 0) is 30.6 Å². The highest BCUT2D eigenvalue weighted by Gasteiger charge is 2.06. The third-order valence-corrected chi connectivity index (χ3v) is 3.74. The first kappa shape index (κ1) is 15.3. The zero-order chi connectivity index (χ0) is 15.1. The van der Waals surface area contributed by atoms with E-state index in [0.717, 1.165) is 18.4 Å². The van der Waals surface area contributed by atoms with Crippen molar-refractivity contribution in [3.8, 4) is 0 Å². The third kappa shape index (κ3) is 4.45. The molecule has 0 heterocycles. The maximum Gasteiger partial charge on any atom is 0.224 e. The smallest absolute Gasteiger partial charge is 0.224 e. The topological polar surface area (TPSA) is 29.1 Å². The molecule has 0 aliphatic heterocycles. The van der Waals surface area contributed by atoms with Crippen molar-refractivity contribution in [2.45, 2.75) is 39.7 Å². The van der Waals surface area contributed by atoms with Crippen molar-refractivity contribution in [3.05, 3.63) is 70.8 Å². The number of carbonyl (C=O) groups is 1. The molecule has 0 aliphatic rings. The lowest BCUT2D eigenvalue weighted by molar-refractivity contribution is -0.120. The van der Waals surface area contributed by atoms with Crippen molar-refractivity contribution in [1.82, 2.24) is 5.32 Å². The Morgan fingerprint density at radius 3 is 2.33 bits per heavy atom. The minimum absolute atomic E-state index is 0.0742. The Hall–Kier alpha value is -2.09. The third-order valence-electron chi connectivity index (χ3n) is 3.74. The SMILES string of the molecule is CCc1ccc(CC)c(CNC(=O)Cc2ccccc2)c1. The first-order valence-corrected chi connectivity index (χ1v) is 7.64. The van der Waals surface area contributed by atoms with Gasteiger partial charge in [0.1, 0.15) is 0 Å². The van der Waals surface area contributed by atoms with E-state index in [4.69, 9.17) is 0 Å². The van der Waals surface area contributed by atoms with Crippen LogP contribution in [0.2, 0.25) is 0 Å². The van der Waals surface area contributed by atoms with Gasteiger partial charge in [-0.05, 0) is 35.1 Å². The quantitative estimate of drug-likeness (QED) is 0.860. The minimum atomic E-state index is 0.0742. The molecule has 110 valence electrons. The van der Waals surface area contributed by atoms with Crippen LogP contribution >= 0.6 is 0 Å². The molecule has 0 bridgehead atoms. The predicted molar refractivity (Wildman–Crippen MR) is 87.2 cm³/mol. The summed E-state index contributed by atoms with van der Waals surface area (Å²) < 4.78 is 0. The van der Waals surface area contributed by atoms with Crippen molar-refractivity contribution >= 4 is 5.91 Å². The van der Waals surface area contributed by atoms with E-state index in [1.54, 1.807) is 0 Å². The minimum Gasteiger partial charge on any atom is -0.352 e. The van der Waals surface area contributed by atoms with Gasteiger partial charge in [0.15, 0.2) is 0 Å². The van der Waals surface area contributed by atoms with E-state index in [0.29, 0.717) is 13.0 Å². The molecule has 0 saturated carbocycles. The molecule has 2 aromatic rings. The molecule has 0 radical (unpaired) electrons. The molecule has 2 heteroatoms. The molecule has 2 rings (SSSR count). The summed E-state index contributed by atoms with van der Waals surface area (Å²) in [4.78, 5) is 12.0. The maximum absolute atomic E-state index is 12.0. The second-order valence-corrected chi connectivity index (χ2v) is 5.25. The average Bonchev–Trinajstić information content (AvgIpc) is 2.53. The Labute approximate surface area is 127 Å². The molecular formula is C19H23NO. The number of hydrogen-bond donors (Lipinski definition) is 1. The van der Waals surface area contributed by atoms with E-state index in [-0.39, 0.29) is 5.91 Å². The Morgan fingerprint density at radius 2 is 1.67 bits per heavy atom. The summed E-state index contributed by atoms with van der Waals surface area (Å²) >= 11 is 0. The number of aryl methyl sites for hydroxylation is 2. The van der Waals surface area contributed by atoms with Crippen LogP contribution in [0.5, 0.6) is 0 Å². The van der Waals surface area contributed by atoms with Crippen LogP contribution in [0.3, 0.4) is 0 Å². The van der Waals surface area contributed by atoms with Gasteiger partial charge in [-0.3, -0.25) is 4.79 Å². The molecule has 21 heavy (non-hydrogen) atoms. The van der Waals surface area contributed by atoms with Gasteiger partial charge in [0.05, 0.1) is 6.42 Å². The van der Waals surface area contributed by atoms with Crippen LogP contribution in [0, 0.1) is 0 Å². The first-order chi connectivity index (χ1) is 10.2. The lowest BCUT2D eigenvalue weighted by Crippen LogP contribution is -2.25. The molecule has 2 aromatic carbocycles. The van der Waals surface area contributed by atoms with Crippen molar-refractivity contribution in [2.24, 2.45) is 0 Å². The summed E-state index contributed by atoms with van der Waals surface area (Å²) in [6.07, 6.45) is 2.46. The lowest BCUT2D eigenvalue weighted by Gasteiger charge is -2.11. The number of benzene rings is 2. The van der Waals surface area contributed by atoms with Crippen LogP contribution in [0.4, 0.5) is 0 Å². The zero-order valence-electron chi connectivity index (χ0n) is 12.9. The molecular weight excluding hydrogens is 258 g/mol. The van der Waals surface area contributed by atoms with E-state index in [1.165, 1.54) is 16.7 Å². The number of nitrogens with one attached hydrogen (secondary N) is 1. The fourth-order valence-corrected chi connectivity index (χ4v) is 2.45. The summed E-state index contributed by atoms with van der Waals surface area (Å²) in [5.41, 5.74) is 4.91. The summed E-state index contributed by atoms with van der Waals surface area (Å²) in [5.74, 6) is 0.0742. The van der Waals surface area contributed by atoms with Gasteiger partial charge in [-0.1, -0.05) is 62.4 Å². The summed E-state index contributed by atoms with van der Waals surface area (Å²) in [6, 6.07) is 16.4. The number of amides is 1. The number of rotatable bonds is 6. The second-order valence-electron chi connectivity index (χ2n) is 5.25. The van der Waals surface area contributed by atoms with Crippen molar-refractivity contribution < 1.29 is 4.79 Å². The van der Waals surface area contributed by atoms with Crippen molar-refractivity contribution in [1.29, 1.82) is 0 Å². The average molecular weight is 281 g/mol. The number of carbonyl (C=O) groups excluding carboxylic acids is 1. The van der Waals surface area contributed by atoms with E-state index in [2.05, 4.69) is 37.4 Å². The normalized spacial score (nSPS) is 10.4. The van der Waals surface area contributed by atoms with E-state index in [1.807, 2.05) is 30.3 Å². The fourth-order valence-electron chi connectivity index (χ4n) is 2.45. The highest BCUT2D eigenvalue weighted by atomic mass is 16.1. The van der Waals surface area contributed by atoms with E-state index in [9.17, 15) is 4.79 Å². The molecule has 0 spiro atoms. The Morgan fingerprint density at radius 1 is 0.905 bits per heavy atom. The molecule has 2 nitrogen and oxygen atoms in total. The highest BCUT2D eigenvalue weighted by Crippen LogP contribution is 2.13. The molecule has 0 atom stereocenters. The van der Waals surface area contributed by atoms with Crippen LogP contribution in [-0.4, -0.2) is 5.91 Å². The van der Waals surface area contributed by atoms with E-state index < -0.39 is 0 Å². The monoisotopic (exact) mass is 281 g/mol. The maximum atomic E-state index is 12.0. The van der Waals surface area contributed by atoms with Crippen LogP contribution in [0.1, 0.15) is 36.1 Å². The van der Waals surface area contributed by atoms with Gasteiger partial charge >= 0.3 is 0 Å². The van der Waals surface area contributed by atoms with Gasteiger partial charge in [0, 0.05) is 6.54 Å². The van der Waals surface area contributed by atoms with Gasteiger partial charge < -0.3 is 5.32 Å². The second kappa shape index (κ2) is 7.63. The van der Waals surface area contributed by atoms with Gasteiger partial charge in [-0.25, -0.2) is 0 Å². The standard InChI is InChI=1S/C19H23NO/c1-3-15-10-11-17(4-2)18(12-15)14-20-19(21)13-16-8-6-5-7-9-16/h5-12H,3-4,13-14H2,1-2H3,(H,20,21). The summed E-state index contributed by atoms with van der Waals surface area (Å²) in [7, 11) is 0. The van der Waals surface area contributed by atoms with Crippen molar-refractivity contribution in [2.75, 3.05) is 0 Å². The van der Waals surface area contributed by atoms with Crippen LogP contribution in [0.15, 0.2) is 48.5 Å². The molecule has 0 aromatic heterocycles. The first-order valence-electron chi connectivity index (χ1n) is 7.64. The Balaban J connectivity index is 1.97.